The zero-order chi connectivity index (χ0) is 15.7. The minimum Gasteiger partial charge on any atom is -0.504 e. The predicted octanol–water partition coefficient (Wildman–Crippen LogP) is 5.04. The fraction of sp³-hybridized carbons (Fsp3) is 0.850. The first-order chi connectivity index (χ1) is 10.4. The summed E-state index contributed by atoms with van der Waals surface area (Å²) in [5.74, 6) is 3.37. The van der Waals surface area contributed by atoms with E-state index in [9.17, 15) is 9.90 Å². The zero-order valence-corrected chi connectivity index (χ0v) is 14.3. The highest BCUT2D eigenvalue weighted by atomic mass is 16.3. The summed E-state index contributed by atoms with van der Waals surface area (Å²) in [6, 6.07) is 0. The SMILES string of the molecule is CC1CC[C@H]2[C@@H]3CCC4=C(O)C(=O)CC[C@]4(C)[C@@H]3CC[C@]12C. The third-order valence-electron chi connectivity index (χ3n) is 8.57. The largest absolute Gasteiger partial charge is 0.504 e. The Balaban J connectivity index is 1.72. The number of fused-ring (bicyclic) bond motifs is 5. The van der Waals surface area contributed by atoms with Crippen molar-refractivity contribution in [2.45, 2.75) is 72.1 Å². The number of rotatable bonds is 0. The molecule has 3 fully saturated rings. The van der Waals surface area contributed by atoms with Gasteiger partial charge in [-0.05, 0) is 85.0 Å². The van der Waals surface area contributed by atoms with Crippen LogP contribution in [-0.4, -0.2) is 10.9 Å². The molecule has 4 aliphatic rings. The van der Waals surface area contributed by atoms with Gasteiger partial charge in [-0.1, -0.05) is 20.8 Å². The van der Waals surface area contributed by atoms with Gasteiger partial charge in [-0.2, -0.15) is 0 Å². The van der Waals surface area contributed by atoms with Gasteiger partial charge in [0, 0.05) is 6.42 Å². The molecular formula is C20H30O2. The van der Waals surface area contributed by atoms with Gasteiger partial charge in [0.2, 0.25) is 0 Å². The van der Waals surface area contributed by atoms with E-state index in [0.717, 1.165) is 36.2 Å². The first kappa shape index (κ1) is 14.8. The van der Waals surface area contributed by atoms with Gasteiger partial charge in [-0.3, -0.25) is 4.79 Å². The smallest absolute Gasteiger partial charge is 0.197 e. The fourth-order valence-electron chi connectivity index (χ4n) is 6.95. The molecule has 2 heteroatoms. The molecular weight excluding hydrogens is 272 g/mol. The topological polar surface area (TPSA) is 37.3 Å². The summed E-state index contributed by atoms with van der Waals surface area (Å²) < 4.78 is 0. The van der Waals surface area contributed by atoms with Crippen molar-refractivity contribution < 1.29 is 9.90 Å². The van der Waals surface area contributed by atoms with Gasteiger partial charge in [0.1, 0.15) is 0 Å². The molecule has 0 aromatic heterocycles. The minimum atomic E-state index is -0.0129. The minimum absolute atomic E-state index is 0.0129. The summed E-state index contributed by atoms with van der Waals surface area (Å²) in [5.41, 5.74) is 1.75. The molecule has 3 saturated carbocycles. The Labute approximate surface area is 134 Å². The van der Waals surface area contributed by atoms with Crippen molar-refractivity contribution in [1.82, 2.24) is 0 Å². The number of carbonyl (C=O) groups is 1. The average molecular weight is 302 g/mol. The Hall–Kier alpha value is -0.790. The van der Waals surface area contributed by atoms with Crippen LogP contribution in [0.4, 0.5) is 0 Å². The second-order valence-electron chi connectivity index (χ2n) is 9.11. The van der Waals surface area contributed by atoms with E-state index in [2.05, 4.69) is 20.8 Å². The number of aliphatic hydroxyl groups excluding tert-OH is 1. The summed E-state index contributed by atoms with van der Waals surface area (Å²) in [6.45, 7) is 7.35. The van der Waals surface area contributed by atoms with Crippen molar-refractivity contribution in [2.24, 2.45) is 34.5 Å². The standard InChI is InChI=1S/C20H30O2/c1-12-4-6-14-13-5-7-16-18(22)17(21)9-11-20(16,3)15(13)8-10-19(12,14)2/h12-15,22H,4-11H2,1-3H3/t12?,13-,14-,15+,19+,20+/m0/s1. The molecule has 0 aliphatic heterocycles. The van der Waals surface area contributed by atoms with Gasteiger partial charge >= 0.3 is 0 Å². The molecule has 2 nitrogen and oxygen atoms in total. The predicted molar refractivity (Wildman–Crippen MR) is 87.4 cm³/mol. The van der Waals surface area contributed by atoms with E-state index in [1.807, 2.05) is 0 Å². The normalized spacial score (nSPS) is 51.3. The van der Waals surface area contributed by atoms with Crippen molar-refractivity contribution in [1.29, 1.82) is 0 Å². The van der Waals surface area contributed by atoms with E-state index in [1.54, 1.807) is 0 Å². The second-order valence-corrected chi connectivity index (χ2v) is 9.11. The summed E-state index contributed by atoms with van der Waals surface area (Å²) in [4.78, 5) is 11.9. The molecule has 0 bridgehead atoms. The van der Waals surface area contributed by atoms with Gasteiger partial charge in [-0.15, -0.1) is 0 Å². The van der Waals surface area contributed by atoms with Gasteiger partial charge in [-0.25, -0.2) is 0 Å². The molecule has 0 amide bonds. The lowest BCUT2D eigenvalue weighted by Crippen LogP contribution is -2.50. The highest BCUT2D eigenvalue weighted by Gasteiger charge is 2.58. The first-order valence-corrected chi connectivity index (χ1v) is 9.33. The molecule has 4 aliphatic carbocycles. The third-order valence-corrected chi connectivity index (χ3v) is 8.57. The maximum absolute atomic E-state index is 11.9. The molecule has 6 atom stereocenters. The van der Waals surface area contributed by atoms with E-state index in [1.165, 1.54) is 32.1 Å². The number of ketones is 1. The van der Waals surface area contributed by atoms with Crippen molar-refractivity contribution >= 4 is 5.78 Å². The zero-order valence-electron chi connectivity index (χ0n) is 14.3. The molecule has 0 aromatic rings. The van der Waals surface area contributed by atoms with E-state index in [4.69, 9.17) is 0 Å². The molecule has 1 N–H and O–H groups in total. The molecule has 0 heterocycles. The van der Waals surface area contributed by atoms with Crippen LogP contribution in [0.2, 0.25) is 0 Å². The monoisotopic (exact) mass is 302 g/mol. The molecule has 0 aromatic carbocycles. The van der Waals surface area contributed by atoms with E-state index < -0.39 is 0 Å². The molecule has 4 rings (SSSR count). The lowest BCUT2D eigenvalue weighted by Gasteiger charge is -2.58. The van der Waals surface area contributed by atoms with Gasteiger partial charge < -0.3 is 5.11 Å². The molecule has 1 unspecified atom stereocenters. The summed E-state index contributed by atoms with van der Waals surface area (Å²) in [6.07, 6.45) is 9.10. The number of carbonyl (C=O) groups excluding carboxylic acids is 1. The van der Waals surface area contributed by atoms with Gasteiger partial charge in [0.25, 0.3) is 0 Å². The molecule has 0 spiro atoms. The Bertz CT molecular complexity index is 548. The Morgan fingerprint density at radius 3 is 2.55 bits per heavy atom. The highest BCUT2D eigenvalue weighted by molar-refractivity contribution is 5.95. The van der Waals surface area contributed by atoms with E-state index in [-0.39, 0.29) is 17.0 Å². The van der Waals surface area contributed by atoms with Crippen molar-refractivity contribution in [2.75, 3.05) is 0 Å². The number of Topliss-reactive ketones (excluding diaryl/α,β-unsaturated/α-hetero) is 1. The summed E-state index contributed by atoms with van der Waals surface area (Å²) in [7, 11) is 0. The lowest BCUT2D eigenvalue weighted by molar-refractivity contribution is -0.121. The molecule has 22 heavy (non-hydrogen) atoms. The van der Waals surface area contributed by atoms with Crippen LogP contribution in [0, 0.1) is 34.5 Å². The van der Waals surface area contributed by atoms with Crippen LogP contribution in [0.3, 0.4) is 0 Å². The summed E-state index contributed by atoms with van der Waals surface area (Å²) >= 11 is 0. The lowest BCUT2D eigenvalue weighted by atomic mass is 9.47. The maximum atomic E-state index is 11.9. The Morgan fingerprint density at radius 2 is 1.77 bits per heavy atom. The van der Waals surface area contributed by atoms with Crippen LogP contribution < -0.4 is 0 Å². The number of hydrogen-bond donors (Lipinski definition) is 1. The quantitative estimate of drug-likeness (QED) is 0.680. The fourth-order valence-corrected chi connectivity index (χ4v) is 6.95. The number of hydrogen-bond acceptors (Lipinski definition) is 2. The first-order valence-electron chi connectivity index (χ1n) is 9.33. The number of allylic oxidation sites excluding steroid dienone is 1. The van der Waals surface area contributed by atoms with Crippen molar-refractivity contribution in [3.8, 4) is 0 Å². The van der Waals surface area contributed by atoms with Crippen LogP contribution in [0.15, 0.2) is 11.3 Å². The average Bonchev–Trinajstić information content (AvgIpc) is 2.79. The van der Waals surface area contributed by atoms with E-state index >= 15 is 0 Å². The van der Waals surface area contributed by atoms with Crippen LogP contribution in [0.5, 0.6) is 0 Å². The Kier molecular flexibility index (Phi) is 3.10. The molecule has 0 radical (unpaired) electrons. The molecule has 122 valence electrons. The van der Waals surface area contributed by atoms with Gasteiger partial charge in [0.05, 0.1) is 0 Å². The Morgan fingerprint density at radius 1 is 1.00 bits per heavy atom. The maximum Gasteiger partial charge on any atom is 0.197 e. The molecule has 0 saturated heterocycles. The van der Waals surface area contributed by atoms with Crippen LogP contribution >= 0.6 is 0 Å². The van der Waals surface area contributed by atoms with Crippen LogP contribution in [0.1, 0.15) is 72.1 Å². The van der Waals surface area contributed by atoms with Crippen molar-refractivity contribution in [3.05, 3.63) is 11.3 Å². The van der Waals surface area contributed by atoms with Crippen molar-refractivity contribution in [3.63, 3.8) is 0 Å². The third kappa shape index (κ3) is 1.70. The summed E-state index contributed by atoms with van der Waals surface area (Å²) in [5, 5.41) is 10.3. The van der Waals surface area contributed by atoms with Crippen LogP contribution in [0.25, 0.3) is 0 Å². The second kappa shape index (κ2) is 4.61. The van der Waals surface area contributed by atoms with E-state index in [0.29, 0.717) is 17.8 Å². The van der Waals surface area contributed by atoms with Gasteiger partial charge in [0.15, 0.2) is 11.5 Å². The highest BCUT2D eigenvalue weighted by Crippen LogP contribution is 2.66. The number of aliphatic hydroxyl groups is 1. The van der Waals surface area contributed by atoms with Crippen LogP contribution in [-0.2, 0) is 4.79 Å².